The van der Waals surface area contributed by atoms with Crippen molar-refractivity contribution in [3.8, 4) is 0 Å². The van der Waals surface area contributed by atoms with Gasteiger partial charge in [-0.25, -0.2) is 9.89 Å². The first-order valence-corrected chi connectivity index (χ1v) is 5.02. The van der Waals surface area contributed by atoms with Crippen molar-refractivity contribution in [1.82, 2.24) is 25.1 Å². The number of likely N-dealkylation sites (N-methyl/N-ethyl adjacent to an activating group) is 2. The Balaban J connectivity index is 2.31. The average molecular weight is 222 g/mol. The van der Waals surface area contributed by atoms with Crippen LogP contribution in [-0.4, -0.2) is 47.0 Å². The number of hydrogen-bond donors (Lipinski definition) is 2. The molecular weight excluding hydrogens is 208 g/mol. The Kier molecular flexibility index (Phi) is 2.86. The second-order valence-corrected chi connectivity index (χ2v) is 3.52. The van der Waals surface area contributed by atoms with Gasteiger partial charge in [-0.15, -0.1) is 5.10 Å². The molecule has 0 saturated carbocycles. The molecule has 2 aromatic heterocycles. The topological polar surface area (TPSA) is 78.3 Å². The fourth-order valence-electron chi connectivity index (χ4n) is 1.39. The molecule has 2 aromatic rings. The second kappa shape index (κ2) is 4.31. The number of H-pyrrole nitrogens is 1. The zero-order chi connectivity index (χ0) is 11.5. The summed E-state index contributed by atoms with van der Waals surface area (Å²) in [6.45, 7) is 1.68. The van der Waals surface area contributed by atoms with Gasteiger partial charge in [0.25, 0.3) is 0 Å². The zero-order valence-corrected chi connectivity index (χ0v) is 9.27. The molecule has 0 bridgehead atoms. The van der Waals surface area contributed by atoms with Gasteiger partial charge in [0.05, 0.1) is 0 Å². The third-order valence-electron chi connectivity index (χ3n) is 2.35. The standard InChI is InChI=1S/C9H14N6O/c1-10-5-6-14(2)8-4-3-7-11-12-9(16)15(7)13-8/h3-4,10H,5-6H2,1-2H3,(H,12,16). The van der Waals surface area contributed by atoms with Crippen LogP contribution in [0.5, 0.6) is 0 Å². The SMILES string of the molecule is CNCCN(C)c1ccc2n[nH]c(=O)n2n1. The van der Waals surface area contributed by atoms with Crippen molar-refractivity contribution in [2.24, 2.45) is 0 Å². The first-order valence-electron chi connectivity index (χ1n) is 5.02. The Bertz CT molecular complexity index is 530. The summed E-state index contributed by atoms with van der Waals surface area (Å²) < 4.78 is 1.26. The normalized spacial score (nSPS) is 10.9. The summed E-state index contributed by atoms with van der Waals surface area (Å²) in [5.74, 6) is 0.742. The van der Waals surface area contributed by atoms with Gasteiger partial charge in [0, 0.05) is 20.1 Å². The maximum absolute atomic E-state index is 11.3. The van der Waals surface area contributed by atoms with Crippen molar-refractivity contribution in [2.45, 2.75) is 0 Å². The fraction of sp³-hybridized carbons (Fsp3) is 0.444. The molecule has 2 rings (SSSR count). The monoisotopic (exact) mass is 222 g/mol. The van der Waals surface area contributed by atoms with Crippen molar-refractivity contribution < 1.29 is 0 Å². The van der Waals surface area contributed by atoms with Crippen LogP contribution in [0.1, 0.15) is 0 Å². The summed E-state index contributed by atoms with van der Waals surface area (Å²) in [6.07, 6.45) is 0. The smallest absolute Gasteiger partial charge is 0.357 e. The second-order valence-electron chi connectivity index (χ2n) is 3.52. The Morgan fingerprint density at radius 1 is 1.56 bits per heavy atom. The number of aromatic nitrogens is 4. The molecule has 86 valence electrons. The van der Waals surface area contributed by atoms with Gasteiger partial charge in [-0.3, -0.25) is 0 Å². The molecule has 0 spiro atoms. The first kappa shape index (κ1) is 10.6. The Labute approximate surface area is 92.1 Å². The van der Waals surface area contributed by atoms with Gasteiger partial charge in [0.1, 0.15) is 5.82 Å². The number of fused-ring (bicyclic) bond motifs is 1. The molecule has 0 saturated heterocycles. The molecule has 0 unspecified atom stereocenters. The Hall–Kier alpha value is -1.89. The van der Waals surface area contributed by atoms with Crippen LogP contribution in [0.3, 0.4) is 0 Å². The van der Waals surface area contributed by atoms with E-state index in [1.165, 1.54) is 4.52 Å². The Morgan fingerprint density at radius 2 is 2.38 bits per heavy atom. The Morgan fingerprint density at radius 3 is 3.12 bits per heavy atom. The molecule has 7 nitrogen and oxygen atoms in total. The van der Waals surface area contributed by atoms with Crippen LogP contribution < -0.4 is 15.9 Å². The van der Waals surface area contributed by atoms with E-state index in [1.54, 1.807) is 6.07 Å². The highest BCUT2D eigenvalue weighted by Gasteiger charge is 2.05. The molecule has 0 fully saturated rings. The molecule has 0 aliphatic rings. The van der Waals surface area contributed by atoms with E-state index in [-0.39, 0.29) is 5.69 Å². The summed E-state index contributed by atoms with van der Waals surface area (Å²) >= 11 is 0. The van der Waals surface area contributed by atoms with Gasteiger partial charge in [-0.05, 0) is 19.2 Å². The lowest BCUT2D eigenvalue weighted by molar-refractivity contribution is 0.748. The molecule has 0 radical (unpaired) electrons. The van der Waals surface area contributed by atoms with E-state index in [9.17, 15) is 4.79 Å². The van der Waals surface area contributed by atoms with Crippen molar-refractivity contribution in [1.29, 1.82) is 0 Å². The van der Waals surface area contributed by atoms with E-state index in [0.717, 1.165) is 18.9 Å². The maximum Gasteiger partial charge on any atom is 0.364 e. The first-order chi connectivity index (χ1) is 7.72. The van der Waals surface area contributed by atoms with Gasteiger partial charge in [0.15, 0.2) is 5.65 Å². The van der Waals surface area contributed by atoms with Crippen LogP contribution in [-0.2, 0) is 0 Å². The summed E-state index contributed by atoms with van der Waals surface area (Å²) in [5.41, 5.74) is 0.203. The minimum Gasteiger partial charge on any atom is -0.357 e. The van der Waals surface area contributed by atoms with Crippen LogP contribution >= 0.6 is 0 Å². The van der Waals surface area contributed by atoms with E-state index in [1.807, 2.05) is 25.1 Å². The van der Waals surface area contributed by atoms with Crippen molar-refractivity contribution in [3.63, 3.8) is 0 Å². The van der Waals surface area contributed by atoms with Gasteiger partial charge in [-0.2, -0.15) is 9.61 Å². The van der Waals surface area contributed by atoms with E-state index >= 15 is 0 Å². The van der Waals surface area contributed by atoms with Gasteiger partial charge in [0.2, 0.25) is 0 Å². The number of anilines is 1. The highest BCUT2D eigenvalue weighted by molar-refractivity contribution is 5.44. The summed E-state index contributed by atoms with van der Waals surface area (Å²) in [4.78, 5) is 13.3. The average Bonchev–Trinajstić information content (AvgIpc) is 2.67. The zero-order valence-electron chi connectivity index (χ0n) is 9.27. The largest absolute Gasteiger partial charge is 0.364 e. The third-order valence-corrected chi connectivity index (χ3v) is 2.35. The number of nitrogens with zero attached hydrogens (tertiary/aromatic N) is 4. The third kappa shape index (κ3) is 1.89. The molecule has 0 aromatic carbocycles. The minimum atomic E-state index is -0.320. The fourth-order valence-corrected chi connectivity index (χ4v) is 1.39. The molecule has 16 heavy (non-hydrogen) atoms. The molecule has 0 aliphatic carbocycles. The lowest BCUT2D eigenvalue weighted by atomic mass is 10.4. The van der Waals surface area contributed by atoms with E-state index in [4.69, 9.17) is 0 Å². The lowest BCUT2D eigenvalue weighted by Gasteiger charge is -2.17. The van der Waals surface area contributed by atoms with Gasteiger partial charge < -0.3 is 10.2 Å². The van der Waals surface area contributed by atoms with Crippen molar-refractivity contribution in [3.05, 3.63) is 22.6 Å². The number of rotatable bonds is 4. The molecule has 2 heterocycles. The van der Waals surface area contributed by atoms with Crippen LogP contribution in [0, 0.1) is 0 Å². The van der Waals surface area contributed by atoms with Crippen LogP contribution in [0.15, 0.2) is 16.9 Å². The predicted octanol–water partition coefficient (Wildman–Crippen LogP) is -0.927. The lowest BCUT2D eigenvalue weighted by Crippen LogP contribution is -2.28. The quantitative estimate of drug-likeness (QED) is 0.699. The van der Waals surface area contributed by atoms with Gasteiger partial charge in [-0.1, -0.05) is 0 Å². The molecule has 0 aliphatic heterocycles. The highest BCUT2D eigenvalue weighted by atomic mass is 16.2. The maximum atomic E-state index is 11.3. The van der Waals surface area contributed by atoms with Crippen molar-refractivity contribution in [2.75, 3.05) is 32.1 Å². The van der Waals surface area contributed by atoms with Crippen LogP contribution in [0.4, 0.5) is 5.82 Å². The van der Waals surface area contributed by atoms with Crippen LogP contribution in [0.25, 0.3) is 5.65 Å². The molecule has 7 heteroatoms. The number of hydrogen-bond acceptors (Lipinski definition) is 5. The molecule has 0 amide bonds. The van der Waals surface area contributed by atoms with E-state index < -0.39 is 0 Å². The summed E-state index contributed by atoms with van der Waals surface area (Å²) in [6, 6.07) is 3.60. The highest BCUT2D eigenvalue weighted by Crippen LogP contribution is 2.07. The van der Waals surface area contributed by atoms with Crippen LogP contribution in [0.2, 0.25) is 0 Å². The molecule has 2 N–H and O–H groups in total. The molecular formula is C9H14N6O. The number of aromatic amines is 1. The van der Waals surface area contributed by atoms with E-state index in [0.29, 0.717) is 5.65 Å². The summed E-state index contributed by atoms with van der Waals surface area (Å²) in [7, 11) is 3.82. The molecule has 0 atom stereocenters. The van der Waals surface area contributed by atoms with E-state index in [2.05, 4.69) is 20.6 Å². The predicted molar refractivity (Wildman–Crippen MR) is 60.8 cm³/mol. The van der Waals surface area contributed by atoms with Gasteiger partial charge >= 0.3 is 5.69 Å². The number of nitrogens with one attached hydrogen (secondary N) is 2. The minimum absolute atomic E-state index is 0.320. The summed E-state index contributed by atoms with van der Waals surface area (Å²) in [5, 5.41) is 13.4. The van der Waals surface area contributed by atoms with Crippen molar-refractivity contribution >= 4 is 11.5 Å².